The van der Waals surface area contributed by atoms with E-state index in [1.807, 2.05) is 0 Å². The van der Waals surface area contributed by atoms with Crippen LogP contribution in [-0.4, -0.2) is 35.4 Å². The van der Waals surface area contributed by atoms with Gasteiger partial charge < -0.3 is 30.0 Å². The average molecular weight is 711 g/mol. The van der Waals surface area contributed by atoms with Crippen molar-refractivity contribution in [2.45, 2.75) is 205 Å². The quantitative estimate of drug-likeness (QED) is 0.0517. The molecule has 252 valence electrons. The normalized spacial score (nSPS) is 10.7. The summed E-state index contributed by atoms with van der Waals surface area (Å²) in [6, 6.07) is 0. The third-order valence-electron chi connectivity index (χ3n) is 8.08. The molecule has 0 aliphatic rings. The molecule has 0 amide bonds. The zero-order chi connectivity index (χ0) is 31.2. The van der Waals surface area contributed by atoms with Gasteiger partial charge in [0.05, 0.1) is 0 Å². The Labute approximate surface area is 286 Å². The van der Waals surface area contributed by atoms with Crippen LogP contribution in [0.3, 0.4) is 0 Å². The van der Waals surface area contributed by atoms with Crippen LogP contribution in [0.15, 0.2) is 0 Å². The molecule has 43 heavy (non-hydrogen) atoms. The smallest absolute Gasteiger partial charge is 0.550 e. The van der Waals surface area contributed by atoms with Gasteiger partial charge in [-0.2, -0.15) is 0 Å². The first kappa shape index (κ1) is 47.2. The van der Waals surface area contributed by atoms with Gasteiger partial charge in [0.25, 0.3) is 0 Å². The summed E-state index contributed by atoms with van der Waals surface area (Å²) in [5.41, 5.74) is 0. The number of aliphatic carboxylic acids is 2. The van der Waals surface area contributed by atoms with Crippen LogP contribution < -0.4 is 10.2 Å². The largest absolute Gasteiger partial charge is 2.00 e. The second-order valence-corrected chi connectivity index (χ2v) is 12.3. The van der Waals surface area contributed by atoms with E-state index in [2.05, 4.69) is 0 Å². The van der Waals surface area contributed by atoms with E-state index in [-0.39, 0.29) is 40.1 Å². The molecule has 0 atom stereocenters. The van der Waals surface area contributed by atoms with Crippen LogP contribution in [0.1, 0.15) is 205 Å². The third-order valence-corrected chi connectivity index (χ3v) is 8.08. The van der Waals surface area contributed by atoms with E-state index in [4.69, 9.17) is 10.2 Å². The van der Waals surface area contributed by atoms with E-state index in [1.165, 1.54) is 154 Å². The van der Waals surface area contributed by atoms with Gasteiger partial charge in [0, 0.05) is 25.2 Å². The van der Waals surface area contributed by atoms with Crippen LogP contribution in [0.4, 0.5) is 0 Å². The molecule has 2 N–H and O–H groups in total. The summed E-state index contributed by atoms with van der Waals surface area (Å²) in [5.74, 6) is -1.83. The van der Waals surface area contributed by atoms with Crippen LogP contribution in [0.25, 0.3) is 0 Å². The molecule has 0 spiro atoms. The molecule has 0 aromatic heterocycles. The van der Waals surface area contributed by atoms with Gasteiger partial charge in [-0.15, -0.1) is 0 Å². The summed E-state index contributed by atoms with van der Waals surface area (Å²) in [7, 11) is 0. The molecule has 0 radical (unpaired) electrons. The fraction of sp³-hybridized carbons (Fsp3) is 0.944. The van der Waals surface area contributed by atoms with E-state index >= 15 is 0 Å². The van der Waals surface area contributed by atoms with Crippen LogP contribution in [0.2, 0.25) is 0 Å². The maximum atomic E-state index is 10.2. The van der Waals surface area contributed by atoms with Crippen molar-refractivity contribution >= 4 is 11.9 Å². The van der Waals surface area contributed by atoms with E-state index in [0.717, 1.165) is 38.5 Å². The zero-order valence-electron chi connectivity index (χ0n) is 28.3. The number of hydrogen-bond acceptors (Lipinski definition) is 6. The van der Waals surface area contributed by atoms with Gasteiger partial charge in [0.1, 0.15) is 0 Å². The SMILES string of the molecule is O=C([O-])CCCCCCCCCCCCCCCCCO.O=C([O-])CCCCCCCCCCCCCCCCCO.[Cd+2]. The summed E-state index contributed by atoms with van der Waals surface area (Å²) in [6.45, 7) is 0.688. The molecule has 7 heteroatoms. The monoisotopic (exact) mass is 712 g/mol. The standard InChI is InChI=1S/2C18H36O3.Cd/c2*19-17-15-13-11-9-7-5-3-1-2-4-6-8-10-12-14-16-18(20)21;/h2*19H,1-17H2,(H,20,21);/q;;+2/p-2. The number of aliphatic hydroxyl groups is 2. The molecule has 0 unspecified atom stereocenters. The van der Waals surface area contributed by atoms with Crippen LogP contribution in [0, 0.1) is 0 Å². The average Bonchev–Trinajstić information content (AvgIpc) is 2.97. The van der Waals surface area contributed by atoms with Crippen molar-refractivity contribution in [2.24, 2.45) is 0 Å². The van der Waals surface area contributed by atoms with Gasteiger partial charge in [-0.1, -0.05) is 167 Å². The maximum Gasteiger partial charge on any atom is 2.00 e. The molecule has 0 aliphatic heterocycles. The molecule has 0 aromatic carbocycles. The van der Waals surface area contributed by atoms with Crippen LogP contribution in [-0.2, 0) is 36.9 Å². The molecule has 0 saturated carbocycles. The van der Waals surface area contributed by atoms with Crippen molar-refractivity contribution in [1.29, 1.82) is 0 Å². The number of hydrogen-bond donors (Lipinski definition) is 2. The minimum Gasteiger partial charge on any atom is -0.550 e. The molecular weight excluding hydrogens is 641 g/mol. The van der Waals surface area contributed by atoms with Crippen molar-refractivity contribution in [2.75, 3.05) is 13.2 Å². The minimum atomic E-state index is -0.914. The van der Waals surface area contributed by atoms with Crippen LogP contribution >= 0.6 is 0 Å². The summed E-state index contributed by atoms with van der Waals surface area (Å²) in [5, 5.41) is 37.8. The Morgan fingerprint density at radius 2 is 0.442 bits per heavy atom. The van der Waals surface area contributed by atoms with Gasteiger partial charge in [-0.25, -0.2) is 0 Å². The summed E-state index contributed by atoms with van der Waals surface area (Å²) >= 11 is 0. The molecule has 0 rings (SSSR count). The maximum absolute atomic E-state index is 10.2. The second kappa shape index (κ2) is 43.9. The predicted molar refractivity (Wildman–Crippen MR) is 172 cm³/mol. The van der Waals surface area contributed by atoms with E-state index in [0.29, 0.717) is 13.2 Å². The van der Waals surface area contributed by atoms with Crippen LogP contribution in [0.5, 0.6) is 0 Å². The number of carboxylic acids is 2. The van der Waals surface area contributed by atoms with Crippen molar-refractivity contribution in [3.8, 4) is 0 Å². The Bertz CT molecular complexity index is 486. The molecular formula is C36H70CdO6. The Morgan fingerprint density at radius 1 is 0.302 bits per heavy atom. The number of carboxylic acid groups (broad SMARTS) is 2. The topological polar surface area (TPSA) is 121 Å². The Morgan fingerprint density at radius 3 is 0.581 bits per heavy atom. The molecule has 0 heterocycles. The molecule has 0 saturated heterocycles. The molecule has 0 aromatic rings. The van der Waals surface area contributed by atoms with Crippen molar-refractivity contribution in [3.05, 3.63) is 0 Å². The Hall–Kier alpha value is -0.218. The van der Waals surface area contributed by atoms with Gasteiger partial charge in [0.15, 0.2) is 0 Å². The van der Waals surface area contributed by atoms with Crippen molar-refractivity contribution in [1.82, 2.24) is 0 Å². The summed E-state index contributed by atoms with van der Waals surface area (Å²) < 4.78 is 0. The first-order valence-corrected chi connectivity index (χ1v) is 18.2. The number of carbonyl (C=O) groups excluding carboxylic acids is 2. The molecule has 0 fully saturated rings. The fourth-order valence-corrected chi connectivity index (χ4v) is 5.36. The number of carbonyl (C=O) groups is 2. The van der Waals surface area contributed by atoms with E-state index in [9.17, 15) is 19.8 Å². The second-order valence-electron chi connectivity index (χ2n) is 12.3. The third kappa shape index (κ3) is 51.6. The molecule has 0 aliphatic carbocycles. The van der Waals surface area contributed by atoms with Crippen molar-refractivity contribution < 1.29 is 57.3 Å². The predicted octanol–water partition coefficient (Wildman–Crippen LogP) is 7.94. The fourth-order valence-electron chi connectivity index (χ4n) is 5.36. The first-order chi connectivity index (χ1) is 20.5. The summed E-state index contributed by atoms with van der Waals surface area (Å²) in [4.78, 5) is 20.5. The summed E-state index contributed by atoms with van der Waals surface area (Å²) in [6.07, 6.45) is 37.2. The Kier molecular flexibility index (Phi) is 48.2. The van der Waals surface area contributed by atoms with E-state index < -0.39 is 11.9 Å². The molecule has 0 bridgehead atoms. The van der Waals surface area contributed by atoms with Gasteiger partial charge in [0.2, 0.25) is 0 Å². The first-order valence-electron chi connectivity index (χ1n) is 18.2. The number of unbranched alkanes of at least 4 members (excludes halogenated alkanes) is 28. The number of aliphatic hydroxyl groups excluding tert-OH is 2. The van der Waals surface area contributed by atoms with E-state index in [1.54, 1.807) is 0 Å². The van der Waals surface area contributed by atoms with Crippen molar-refractivity contribution in [3.63, 3.8) is 0 Å². The molecule has 6 nitrogen and oxygen atoms in total. The van der Waals surface area contributed by atoms with Gasteiger partial charge in [-0.05, 0) is 38.5 Å². The zero-order valence-corrected chi connectivity index (χ0v) is 32.3. The minimum absolute atomic E-state index is 0. The van der Waals surface area contributed by atoms with Gasteiger partial charge in [-0.3, -0.25) is 0 Å². The van der Waals surface area contributed by atoms with Gasteiger partial charge >= 0.3 is 27.3 Å². The Balaban J connectivity index is -0.000000727. The number of rotatable bonds is 34.